The first kappa shape index (κ1) is 13.2. The molecule has 4 heteroatoms. The van der Waals surface area contributed by atoms with Crippen molar-refractivity contribution in [3.63, 3.8) is 0 Å². The highest BCUT2D eigenvalue weighted by Crippen LogP contribution is 1.96. The number of carboxylic acids is 1. The van der Waals surface area contributed by atoms with Crippen molar-refractivity contribution in [3.05, 3.63) is 35.9 Å². The second kappa shape index (κ2) is 8.75. The van der Waals surface area contributed by atoms with Crippen molar-refractivity contribution in [2.75, 3.05) is 13.2 Å². The first-order valence-corrected chi connectivity index (χ1v) is 4.18. The van der Waals surface area contributed by atoms with Gasteiger partial charge in [0.2, 0.25) is 0 Å². The fourth-order valence-corrected chi connectivity index (χ4v) is 0.693. The third kappa shape index (κ3) is 7.26. The molecule has 4 nitrogen and oxygen atoms in total. The lowest BCUT2D eigenvalue weighted by Crippen LogP contribution is -1.93. The van der Waals surface area contributed by atoms with Gasteiger partial charge in [0.15, 0.2) is 0 Å². The summed E-state index contributed by atoms with van der Waals surface area (Å²) >= 11 is 0. The number of carboxylic acid groups (broad SMARTS) is 1. The summed E-state index contributed by atoms with van der Waals surface area (Å²) < 4.78 is 0. The molecule has 1 rings (SSSR count). The van der Waals surface area contributed by atoms with E-state index in [4.69, 9.17) is 15.3 Å². The van der Waals surface area contributed by atoms with Gasteiger partial charge in [-0.2, -0.15) is 0 Å². The third-order valence-electron chi connectivity index (χ3n) is 1.30. The fourth-order valence-electron chi connectivity index (χ4n) is 0.693. The van der Waals surface area contributed by atoms with E-state index >= 15 is 0 Å². The van der Waals surface area contributed by atoms with Crippen molar-refractivity contribution in [2.45, 2.75) is 0 Å². The first-order valence-electron chi connectivity index (χ1n) is 4.18. The Morgan fingerprint density at radius 1 is 1.07 bits per heavy atom. The van der Waals surface area contributed by atoms with Crippen LogP contribution in [0.15, 0.2) is 30.3 Å². The number of aliphatic hydroxyl groups excluding tert-OH is 2. The Labute approximate surface area is 87.8 Å². The van der Waals surface area contributed by atoms with Crippen LogP contribution in [0.3, 0.4) is 0 Å². The van der Waals surface area contributed by atoms with Crippen LogP contribution in [0.1, 0.15) is 10.4 Å². The largest absolute Gasteiger partial charge is 0.478 e. The van der Waals surface area contributed by atoms with E-state index in [-0.39, 0.29) is 13.2 Å². The molecule has 15 heavy (non-hydrogen) atoms. The lowest BCUT2D eigenvalue weighted by atomic mass is 10.2. The highest BCUT2D eigenvalue weighted by molar-refractivity contribution is 5.87. The minimum atomic E-state index is -0.879. The van der Waals surface area contributed by atoms with Gasteiger partial charge in [-0.05, 0) is 12.1 Å². The highest BCUT2D eigenvalue weighted by atomic mass is 16.4. The molecule has 3 N–H and O–H groups in total. The number of benzene rings is 1. The third-order valence-corrected chi connectivity index (χ3v) is 1.30. The van der Waals surface area contributed by atoms with Crippen LogP contribution < -0.4 is 0 Å². The van der Waals surface area contributed by atoms with Crippen LogP contribution in [0.4, 0.5) is 0 Å². The van der Waals surface area contributed by atoms with E-state index in [1.54, 1.807) is 30.3 Å². The predicted molar refractivity (Wildman–Crippen MR) is 55.3 cm³/mol. The minimum Gasteiger partial charge on any atom is -0.478 e. The van der Waals surface area contributed by atoms with Crippen LogP contribution in [-0.2, 0) is 0 Å². The molecule has 0 fully saturated rings. The van der Waals surface area contributed by atoms with Crippen LogP contribution in [0.5, 0.6) is 0 Å². The Hall–Kier alpha value is -1.83. The van der Waals surface area contributed by atoms with Crippen LogP contribution in [0.2, 0.25) is 0 Å². The summed E-state index contributed by atoms with van der Waals surface area (Å²) in [4.78, 5) is 10.2. The molecule has 0 aliphatic heterocycles. The van der Waals surface area contributed by atoms with E-state index < -0.39 is 5.97 Å². The summed E-state index contributed by atoms with van der Waals surface area (Å²) in [6, 6.07) is 8.30. The van der Waals surface area contributed by atoms with E-state index in [0.717, 1.165) is 0 Å². The number of hydrogen-bond acceptors (Lipinski definition) is 3. The second-order valence-electron chi connectivity index (χ2n) is 2.34. The SMILES string of the molecule is O=C(O)c1ccccc1.OCC#CCO. The molecular weight excluding hydrogens is 196 g/mol. The van der Waals surface area contributed by atoms with E-state index in [2.05, 4.69) is 11.8 Å². The molecule has 0 aliphatic rings. The lowest BCUT2D eigenvalue weighted by molar-refractivity contribution is 0.0697. The van der Waals surface area contributed by atoms with Gasteiger partial charge in [-0.1, -0.05) is 30.0 Å². The zero-order valence-corrected chi connectivity index (χ0v) is 8.05. The number of carbonyl (C=O) groups is 1. The molecular formula is C11H12O4. The summed E-state index contributed by atoms with van der Waals surface area (Å²) in [5.41, 5.74) is 0.331. The molecule has 0 saturated heterocycles. The second-order valence-corrected chi connectivity index (χ2v) is 2.34. The molecule has 0 atom stereocenters. The minimum absolute atomic E-state index is 0.166. The molecule has 0 bridgehead atoms. The van der Waals surface area contributed by atoms with Gasteiger partial charge < -0.3 is 15.3 Å². The summed E-state index contributed by atoms with van der Waals surface area (Å²) in [6.07, 6.45) is 0. The summed E-state index contributed by atoms with van der Waals surface area (Å²) in [7, 11) is 0. The van der Waals surface area contributed by atoms with E-state index in [9.17, 15) is 4.79 Å². The zero-order chi connectivity index (χ0) is 11.5. The van der Waals surface area contributed by atoms with Crippen LogP contribution in [0, 0.1) is 11.8 Å². The standard InChI is InChI=1S/C7H6O2.C4H6O2/c8-7(9)6-4-2-1-3-5-6;5-3-1-2-4-6/h1-5H,(H,8,9);5-6H,3-4H2. The summed E-state index contributed by atoms with van der Waals surface area (Å²) in [5.74, 6) is 3.63. The van der Waals surface area contributed by atoms with Crippen molar-refractivity contribution < 1.29 is 20.1 Å². The molecule has 0 radical (unpaired) electrons. The Bertz CT molecular complexity index is 327. The number of hydrogen-bond donors (Lipinski definition) is 3. The van der Waals surface area contributed by atoms with Crippen molar-refractivity contribution in [2.24, 2.45) is 0 Å². The molecule has 0 heterocycles. The smallest absolute Gasteiger partial charge is 0.335 e. The lowest BCUT2D eigenvalue weighted by Gasteiger charge is -1.88. The van der Waals surface area contributed by atoms with Crippen molar-refractivity contribution in [1.29, 1.82) is 0 Å². The summed E-state index contributed by atoms with van der Waals surface area (Å²) in [6.45, 7) is -0.332. The average molecular weight is 208 g/mol. The maximum Gasteiger partial charge on any atom is 0.335 e. The van der Waals surface area contributed by atoms with Gasteiger partial charge in [0.05, 0.1) is 5.56 Å². The van der Waals surface area contributed by atoms with Crippen LogP contribution in [0.25, 0.3) is 0 Å². The Balaban J connectivity index is 0.000000288. The molecule has 1 aromatic carbocycles. The van der Waals surface area contributed by atoms with Gasteiger partial charge in [0.1, 0.15) is 13.2 Å². The molecule has 0 aliphatic carbocycles. The first-order chi connectivity index (χ1) is 7.22. The summed E-state index contributed by atoms with van der Waals surface area (Å²) in [5, 5.41) is 24.2. The molecule has 0 saturated carbocycles. The number of rotatable bonds is 1. The highest BCUT2D eigenvalue weighted by Gasteiger charge is 1.96. The van der Waals surface area contributed by atoms with Gasteiger partial charge in [-0.3, -0.25) is 0 Å². The van der Waals surface area contributed by atoms with Gasteiger partial charge >= 0.3 is 5.97 Å². The maximum atomic E-state index is 10.2. The van der Waals surface area contributed by atoms with Gasteiger partial charge in [-0.25, -0.2) is 4.79 Å². The van der Waals surface area contributed by atoms with Gasteiger partial charge in [0.25, 0.3) is 0 Å². The maximum absolute atomic E-state index is 10.2. The number of aromatic carboxylic acids is 1. The van der Waals surface area contributed by atoms with Gasteiger partial charge in [-0.15, -0.1) is 0 Å². The van der Waals surface area contributed by atoms with Crippen molar-refractivity contribution in [1.82, 2.24) is 0 Å². The average Bonchev–Trinajstić information content (AvgIpc) is 2.28. The molecule has 0 amide bonds. The molecule has 80 valence electrons. The predicted octanol–water partition coefficient (Wildman–Crippen LogP) is 0.359. The molecule has 1 aromatic rings. The fraction of sp³-hybridized carbons (Fsp3) is 0.182. The molecule has 0 spiro atoms. The Morgan fingerprint density at radius 3 is 1.80 bits per heavy atom. The van der Waals surface area contributed by atoms with Crippen LogP contribution in [-0.4, -0.2) is 34.5 Å². The zero-order valence-electron chi connectivity index (χ0n) is 8.05. The normalized spacial score (nSPS) is 7.87. The molecule has 0 aromatic heterocycles. The molecule has 0 unspecified atom stereocenters. The van der Waals surface area contributed by atoms with Gasteiger partial charge in [0, 0.05) is 0 Å². The number of aliphatic hydroxyl groups is 2. The quantitative estimate of drug-likeness (QED) is 0.582. The monoisotopic (exact) mass is 208 g/mol. The van der Waals surface area contributed by atoms with E-state index in [1.165, 1.54) is 0 Å². The van der Waals surface area contributed by atoms with Crippen molar-refractivity contribution >= 4 is 5.97 Å². The Morgan fingerprint density at radius 2 is 1.53 bits per heavy atom. The Kier molecular flexibility index (Phi) is 7.69. The van der Waals surface area contributed by atoms with Crippen LogP contribution >= 0.6 is 0 Å². The van der Waals surface area contributed by atoms with Crippen molar-refractivity contribution in [3.8, 4) is 11.8 Å². The topological polar surface area (TPSA) is 77.8 Å². The van der Waals surface area contributed by atoms with E-state index in [0.29, 0.717) is 5.56 Å². The van der Waals surface area contributed by atoms with E-state index in [1.807, 2.05) is 0 Å².